The second kappa shape index (κ2) is 6.86. The molecule has 2 aliphatic rings. The molecule has 0 bridgehead atoms. The third kappa shape index (κ3) is 2.59. The molecule has 0 spiro atoms. The fourth-order valence-corrected chi connectivity index (χ4v) is 5.59. The highest BCUT2D eigenvalue weighted by molar-refractivity contribution is 6.14. The molecule has 2 unspecified atom stereocenters. The predicted octanol–water partition coefficient (Wildman–Crippen LogP) is 6.36. The maximum absolute atomic E-state index is 13.4. The summed E-state index contributed by atoms with van der Waals surface area (Å²) in [6.45, 7) is 4.14. The Hall–Kier alpha value is -3.78. The second-order valence-electron chi connectivity index (χ2n) is 8.97. The Morgan fingerprint density at radius 1 is 0.469 bits per heavy atom. The minimum atomic E-state index is -0.0476. The van der Waals surface area contributed by atoms with E-state index in [0.29, 0.717) is 0 Å². The maximum atomic E-state index is 13.4. The van der Waals surface area contributed by atoms with Crippen LogP contribution in [0, 0.1) is 13.8 Å². The standard InChI is InChI=1S/C30H22O2/c1-17-11-13-23-25(15-17)27(19-7-3-5-9-21(19)29(23)31)28-20-8-4-6-10-22(20)30(32)24-14-12-18(2)16-26(24)28/h3-16,27-28H,1-2H3. The lowest BCUT2D eigenvalue weighted by atomic mass is 9.64. The van der Waals surface area contributed by atoms with Crippen LogP contribution in [-0.4, -0.2) is 11.6 Å². The van der Waals surface area contributed by atoms with Gasteiger partial charge in [0.2, 0.25) is 0 Å². The Labute approximate surface area is 187 Å². The first-order valence-electron chi connectivity index (χ1n) is 11.0. The number of aryl methyl sites for hydroxylation is 2. The Morgan fingerprint density at radius 2 is 0.844 bits per heavy atom. The van der Waals surface area contributed by atoms with Crippen LogP contribution in [0.2, 0.25) is 0 Å². The lowest BCUT2D eigenvalue weighted by molar-refractivity contribution is 0.102. The molecule has 0 heterocycles. The van der Waals surface area contributed by atoms with E-state index in [0.717, 1.165) is 55.6 Å². The first kappa shape index (κ1) is 18.9. The van der Waals surface area contributed by atoms with E-state index in [2.05, 4.69) is 38.1 Å². The smallest absolute Gasteiger partial charge is 0.193 e. The Kier molecular flexibility index (Phi) is 4.06. The summed E-state index contributed by atoms with van der Waals surface area (Å²) >= 11 is 0. The summed E-state index contributed by atoms with van der Waals surface area (Å²) in [5.41, 5.74) is 9.50. The van der Waals surface area contributed by atoms with Crippen molar-refractivity contribution in [3.63, 3.8) is 0 Å². The summed E-state index contributed by atoms with van der Waals surface area (Å²) in [5.74, 6) is 0.0650. The van der Waals surface area contributed by atoms with Crippen molar-refractivity contribution >= 4 is 11.6 Å². The average molecular weight is 415 g/mol. The lowest BCUT2D eigenvalue weighted by Crippen LogP contribution is -2.29. The summed E-state index contributed by atoms with van der Waals surface area (Å²) in [7, 11) is 0. The fourth-order valence-electron chi connectivity index (χ4n) is 5.59. The summed E-state index contributed by atoms with van der Waals surface area (Å²) in [6, 6.07) is 28.2. The zero-order chi connectivity index (χ0) is 22.0. The normalized spacial score (nSPS) is 18.4. The Balaban J connectivity index is 1.72. The van der Waals surface area contributed by atoms with Crippen molar-refractivity contribution in [2.75, 3.05) is 0 Å². The van der Waals surface area contributed by atoms with Crippen molar-refractivity contribution in [1.29, 1.82) is 0 Å². The van der Waals surface area contributed by atoms with Gasteiger partial charge in [0.25, 0.3) is 0 Å². The van der Waals surface area contributed by atoms with E-state index in [1.54, 1.807) is 0 Å². The van der Waals surface area contributed by atoms with E-state index in [-0.39, 0.29) is 23.4 Å². The van der Waals surface area contributed by atoms with Crippen molar-refractivity contribution < 1.29 is 9.59 Å². The van der Waals surface area contributed by atoms with Gasteiger partial charge in [-0.3, -0.25) is 9.59 Å². The molecule has 2 heteroatoms. The molecule has 0 N–H and O–H groups in total. The van der Waals surface area contributed by atoms with Crippen LogP contribution in [0.5, 0.6) is 0 Å². The van der Waals surface area contributed by atoms with Gasteiger partial charge in [0, 0.05) is 34.1 Å². The molecule has 0 saturated heterocycles. The molecule has 6 rings (SSSR count). The van der Waals surface area contributed by atoms with Gasteiger partial charge in [-0.1, -0.05) is 96.1 Å². The highest BCUT2D eigenvalue weighted by Crippen LogP contribution is 2.51. The highest BCUT2D eigenvalue weighted by atomic mass is 16.1. The van der Waals surface area contributed by atoms with Crippen LogP contribution in [0.4, 0.5) is 0 Å². The molecular weight excluding hydrogens is 392 g/mol. The van der Waals surface area contributed by atoms with E-state index in [1.807, 2.05) is 60.7 Å². The molecule has 4 aromatic rings. The van der Waals surface area contributed by atoms with Crippen molar-refractivity contribution in [3.8, 4) is 0 Å². The van der Waals surface area contributed by atoms with Crippen LogP contribution in [0.3, 0.4) is 0 Å². The monoisotopic (exact) mass is 414 g/mol. The number of rotatable bonds is 1. The third-order valence-corrected chi connectivity index (χ3v) is 6.99. The maximum Gasteiger partial charge on any atom is 0.193 e. The summed E-state index contributed by atoms with van der Waals surface area (Å²) in [4.78, 5) is 26.8. The predicted molar refractivity (Wildman–Crippen MR) is 126 cm³/mol. The molecule has 0 radical (unpaired) electrons. The molecule has 0 aromatic heterocycles. The van der Waals surface area contributed by atoms with Gasteiger partial charge in [-0.25, -0.2) is 0 Å². The molecule has 2 nitrogen and oxygen atoms in total. The van der Waals surface area contributed by atoms with Gasteiger partial charge in [0.1, 0.15) is 0 Å². The second-order valence-corrected chi connectivity index (χ2v) is 8.97. The number of fused-ring (bicyclic) bond motifs is 4. The Morgan fingerprint density at radius 3 is 1.28 bits per heavy atom. The van der Waals surface area contributed by atoms with Gasteiger partial charge in [-0.15, -0.1) is 0 Å². The first-order chi connectivity index (χ1) is 15.5. The summed E-state index contributed by atoms with van der Waals surface area (Å²) in [6.07, 6.45) is 0. The molecular formula is C30H22O2. The molecule has 154 valence electrons. The quantitative estimate of drug-likeness (QED) is 0.363. The summed E-state index contributed by atoms with van der Waals surface area (Å²) in [5, 5.41) is 0. The van der Waals surface area contributed by atoms with E-state index in [4.69, 9.17) is 0 Å². The molecule has 0 saturated carbocycles. The van der Waals surface area contributed by atoms with Gasteiger partial charge in [0.15, 0.2) is 11.6 Å². The topological polar surface area (TPSA) is 34.1 Å². The van der Waals surface area contributed by atoms with E-state index in [9.17, 15) is 9.59 Å². The van der Waals surface area contributed by atoms with Crippen LogP contribution >= 0.6 is 0 Å². The minimum Gasteiger partial charge on any atom is -0.289 e. The first-order valence-corrected chi connectivity index (χ1v) is 11.0. The number of hydrogen-bond donors (Lipinski definition) is 0. The molecule has 0 aliphatic heterocycles. The average Bonchev–Trinajstić information content (AvgIpc) is 2.81. The number of carbonyl (C=O) groups is 2. The van der Waals surface area contributed by atoms with Crippen LogP contribution in [0.15, 0.2) is 84.9 Å². The highest BCUT2D eigenvalue weighted by Gasteiger charge is 2.41. The number of ketones is 2. The van der Waals surface area contributed by atoms with Crippen LogP contribution in [0.1, 0.15) is 77.1 Å². The van der Waals surface area contributed by atoms with Gasteiger partial charge >= 0.3 is 0 Å². The fraction of sp³-hybridized carbons (Fsp3) is 0.133. The van der Waals surface area contributed by atoms with Crippen LogP contribution in [-0.2, 0) is 0 Å². The largest absolute Gasteiger partial charge is 0.289 e. The van der Waals surface area contributed by atoms with Crippen molar-refractivity contribution in [2.45, 2.75) is 25.7 Å². The van der Waals surface area contributed by atoms with Crippen LogP contribution in [0.25, 0.3) is 0 Å². The van der Waals surface area contributed by atoms with Crippen LogP contribution < -0.4 is 0 Å². The molecule has 2 atom stereocenters. The zero-order valence-corrected chi connectivity index (χ0v) is 18.1. The van der Waals surface area contributed by atoms with Gasteiger partial charge in [-0.2, -0.15) is 0 Å². The molecule has 32 heavy (non-hydrogen) atoms. The molecule has 4 aromatic carbocycles. The van der Waals surface area contributed by atoms with E-state index in [1.165, 1.54) is 0 Å². The minimum absolute atomic E-state index is 0.0476. The van der Waals surface area contributed by atoms with Crippen molar-refractivity contribution in [3.05, 3.63) is 141 Å². The lowest BCUT2D eigenvalue weighted by Gasteiger charge is -2.38. The summed E-state index contributed by atoms with van der Waals surface area (Å²) < 4.78 is 0. The van der Waals surface area contributed by atoms with Gasteiger partial charge < -0.3 is 0 Å². The Bertz CT molecular complexity index is 1330. The molecule has 0 fully saturated rings. The number of benzene rings is 4. The molecule has 2 aliphatic carbocycles. The van der Waals surface area contributed by atoms with Crippen molar-refractivity contribution in [1.82, 2.24) is 0 Å². The van der Waals surface area contributed by atoms with Crippen molar-refractivity contribution in [2.24, 2.45) is 0 Å². The molecule has 0 amide bonds. The number of carbonyl (C=O) groups excluding carboxylic acids is 2. The van der Waals surface area contributed by atoms with Gasteiger partial charge in [0.05, 0.1) is 0 Å². The van der Waals surface area contributed by atoms with Gasteiger partial charge in [-0.05, 0) is 36.1 Å². The van der Waals surface area contributed by atoms with E-state index >= 15 is 0 Å². The zero-order valence-electron chi connectivity index (χ0n) is 18.1. The van der Waals surface area contributed by atoms with E-state index < -0.39 is 0 Å². The third-order valence-electron chi connectivity index (χ3n) is 6.99. The SMILES string of the molecule is Cc1ccc2c(c1)C(C1c3ccccc3C(=O)c3ccc(C)cc31)c1ccccc1C2=O. The number of hydrogen-bond acceptors (Lipinski definition) is 2.